The van der Waals surface area contributed by atoms with E-state index in [4.69, 9.17) is 17.3 Å². The largest absolute Gasteiger partial charge is 3.00 e. The van der Waals surface area contributed by atoms with Gasteiger partial charge in [-0.15, -0.1) is 29.3 Å². The predicted octanol–water partition coefficient (Wildman–Crippen LogP) is 13.0. The number of imidazole rings is 1. The standard InChI is InChI=1S/C36H22N3.C20H18N.Ir/c1-3-13-25(14-4-1)38-24-39(26-15-5-2-6-16-26)36-33(38)23-37-35-32-22-12-10-20-30(32)28-18-8-7-17-27(28)29-19-9-11-21-31(29)34(35)36;1-14-9-10-18(20-11-15(2)16(3)13-21-20)12-19(14)17-7-5-4-6-8-17;/h1-15,17-23H;4-9,11-13H,1-3H3;/q2*-1;+3/i;1D3,2D3,3D3;. The molecule has 7 aromatic carbocycles. The van der Waals surface area contributed by atoms with Gasteiger partial charge < -0.3 is 9.55 Å². The van der Waals surface area contributed by atoms with Gasteiger partial charge >= 0.3 is 20.1 Å². The second-order valence-corrected chi connectivity index (χ2v) is 14.4. The summed E-state index contributed by atoms with van der Waals surface area (Å²) in [5.41, 5.74) is 14.2. The van der Waals surface area contributed by atoms with E-state index in [1.54, 1.807) is 30.3 Å². The van der Waals surface area contributed by atoms with Crippen LogP contribution in [0.3, 0.4) is 0 Å². The minimum Gasteiger partial charge on any atom is -0.314 e. The van der Waals surface area contributed by atoms with Crippen molar-refractivity contribution in [2.24, 2.45) is 0 Å². The summed E-state index contributed by atoms with van der Waals surface area (Å²) in [5, 5.41) is 0. The Balaban J connectivity index is 0.000000178. The third-order valence-electron chi connectivity index (χ3n) is 10.7. The van der Waals surface area contributed by atoms with Gasteiger partial charge in [0, 0.05) is 35.9 Å². The molecule has 0 aliphatic heterocycles. The third kappa shape index (κ3) is 7.33. The predicted molar refractivity (Wildman–Crippen MR) is 244 cm³/mol. The van der Waals surface area contributed by atoms with E-state index in [0.717, 1.165) is 51.0 Å². The quantitative estimate of drug-likeness (QED) is 0.130. The van der Waals surface area contributed by atoms with Crippen LogP contribution in [0.25, 0.3) is 89.4 Å². The van der Waals surface area contributed by atoms with Crippen LogP contribution in [0.5, 0.6) is 0 Å². The van der Waals surface area contributed by atoms with Crippen molar-refractivity contribution >= 4 is 11.0 Å². The van der Waals surface area contributed by atoms with Gasteiger partial charge in [0.2, 0.25) is 0 Å². The molecule has 11 rings (SSSR count). The maximum atomic E-state index is 7.81. The molecule has 0 radical (unpaired) electrons. The van der Waals surface area contributed by atoms with Gasteiger partial charge in [0.05, 0.1) is 16.9 Å². The molecule has 0 bridgehead atoms. The molecule has 0 amide bonds. The number of aryl methyl sites for hydroxylation is 3. The molecular weight excluding hydrogens is 921 g/mol. The minimum atomic E-state index is -2.65. The van der Waals surface area contributed by atoms with E-state index < -0.39 is 20.6 Å². The molecule has 3 heterocycles. The molecule has 292 valence electrons. The van der Waals surface area contributed by atoms with Gasteiger partial charge in [-0.25, -0.2) is 0 Å². The number of rotatable bonds is 4. The molecule has 0 saturated heterocycles. The molecule has 0 atom stereocenters. The molecule has 0 spiro atoms. The van der Waals surface area contributed by atoms with Gasteiger partial charge in [-0.3, -0.25) is 9.55 Å². The van der Waals surface area contributed by atoms with Crippen LogP contribution in [0.4, 0.5) is 0 Å². The smallest absolute Gasteiger partial charge is 0.314 e. The van der Waals surface area contributed by atoms with Crippen molar-refractivity contribution in [3.63, 3.8) is 0 Å². The second kappa shape index (κ2) is 16.9. The summed E-state index contributed by atoms with van der Waals surface area (Å²) >= 11 is 0. The Hall–Kier alpha value is -7.04. The van der Waals surface area contributed by atoms with Crippen molar-refractivity contribution in [1.82, 2.24) is 14.5 Å². The third-order valence-corrected chi connectivity index (χ3v) is 10.7. The van der Waals surface area contributed by atoms with Crippen LogP contribution in [0, 0.1) is 39.0 Å². The first-order chi connectivity index (χ1) is 33.2. The van der Waals surface area contributed by atoms with Crippen LogP contribution in [0.1, 0.15) is 29.0 Å². The monoisotopic (exact) mass is 970 g/mol. The van der Waals surface area contributed by atoms with Crippen LogP contribution in [0.2, 0.25) is 0 Å². The number of hydrogen-bond donors (Lipinski definition) is 0. The molecule has 0 unspecified atom stereocenters. The zero-order valence-corrected chi connectivity index (χ0v) is 34.9. The molecule has 3 aromatic heterocycles. The number of nitrogens with zero attached hydrogens (tertiary/aromatic N) is 4. The summed E-state index contributed by atoms with van der Waals surface area (Å²) in [7, 11) is 0. The fraction of sp³-hybridized carbons (Fsp3) is 0.0536. The Morgan fingerprint density at radius 3 is 1.82 bits per heavy atom. The topological polar surface area (TPSA) is 34.6 Å². The Labute approximate surface area is 383 Å². The number of hydrogen-bond acceptors (Lipinski definition) is 2. The molecular formula is C56H40IrN4+. The SMILES string of the molecule is [2H]C([2H])([2H])c1c[c-]c(-c2cc(C([2H])([2H])[2H])c(C([2H])([2H])[2H])cn2)cc1-c1ccccc1.[Ir+3].[c-]1ccccc1-[n+]1[c-]n(-c2ccccc2)c2cnc3c(c21)-c1ccccc1-c1ccccc1-c1ccccc1-3. The molecule has 10 aromatic rings. The first kappa shape index (κ1) is 30.1. The number of para-hydroxylation sites is 2. The summed E-state index contributed by atoms with van der Waals surface area (Å²) < 4.78 is 73.6. The molecule has 1 aliphatic rings. The van der Waals surface area contributed by atoms with Crippen LogP contribution in [-0.2, 0) is 20.1 Å². The van der Waals surface area contributed by atoms with E-state index >= 15 is 0 Å². The number of fused-ring (bicyclic) bond motifs is 10. The number of benzene rings is 7. The first-order valence-corrected chi connectivity index (χ1v) is 19.5. The van der Waals surface area contributed by atoms with Crippen LogP contribution < -0.4 is 4.57 Å². The van der Waals surface area contributed by atoms with Gasteiger partial charge in [-0.05, 0) is 76.2 Å². The van der Waals surface area contributed by atoms with E-state index in [0.29, 0.717) is 16.7 Å². The van der Waals surface area contributed by atoms with Crippen LogP contribution in [-0.4, -0.2) is 14.5 Å². The molecule has 0 N–H and O–H groups in total. The molecule has 0 saturated carbocycles. The Morgan fingerprint density at radius 1 is 0.541 bits per heavy atom. The van der Waals surface area contributed by atoms with Gasteiger partial charge in [0.1, 0.15) is 5.52 Å². The zero-order chi connectivity index (χ0) is 48.1. The second-order valence-electron chi connectivity index (χ2n) is 14.4. The summed E-state index contributed by atoms with van der Waals surface area (Å²) in [6, 6.07) is 63.7. The average Bonchev–Trinajstić information content (AvgIpc) is 3.75. The molecule has 4 nitrogen and oxygen atoms in total. The maximum absolute atomic E-state index is 7.81. The van der Waals surface area contributed by atoms with E-state index in [2.05, 4.69) is 136 Å². The van der Waals surface area contributed by atoms with Crippen molar-refractivity contribution in [2.45, 2.75) is 20.6 Å². The van der Waals surface area contributed by atoms with E-state index in [-0.39, 0.29) is 42.5 Å². The average molecular weight is 970 g/mol. The van der Waals surface area contributed by atoms with E-state index in [1.165, 1.54) is 34.4 Å². The van der Waals surface area contributed by atoms with Gasteiger partial charge in [0.25, 0.3) is 6.33 Å². The fourth-order valence-corrected chi connectivity index (χ4v) is 7.93. The van der Waals surface area contributed by atoms with Crippen molar-refractivity contribution in [3.8, 4) is 78.4 Å². The van der Waals surface area contributed by atoms with Crippen molar-refractivity contribution in [3.05, 3.63) is 223 Å². The Morgan fingerprint density at radius 2 is 1.15 bits per heavy atom. The summed E-state index contributed by atoms with van der Waals surface area (Å²) in [6.07, 6.45) is 6.67. The summed E-state index contributed by atoms with van der Waals surface area (Å²) in [5.74, 6) is 0. The normalized spacial score (nSPS) is 13.9. The number of pyridine rings is 2. The zero-order valence-electron chi connectivity index (χ0n) is 41.5. The molecule has 5 heteroatoms. The van der Waals surface area contributed by atoms with E-state index in [9.17, 15) is 0 Å². The van der Waals surface area contributed by atoms with Gasteiger partial charge in [-0.2, -0.15) is 30.3 Å². The molecule has 1 aliphatic carbocycles. The summed E-state index contributed by atoms with van der Waals surface area (Å²) in [6.45, 7) is -7.65. The van der Waals surface area contributed by atoms with Crippen LogP contribution in [0.15, 0.2) is 188 Å². The van der Waals surface area contributed by atoms with Crippen molar-refractivity contribution in [2.75, 3.05) is 0 Å². The Kier molecular flexibility index (Phi) is 8.33. The first-order valence-electron chi connectivity index (χ1n) is 24.0. The molecule has 0 fully saturated rings. The van der Waals surface area contributed by atoms with Crippen molar-refractivity contribution in [1.29, 1.82) is 0 Å². The number of aromatic nitrogens is 4. The summed E-state index contributed by atoms with van der Waals surface area (Å²) in [4.78, 5) is 9.33. The van der Waals surface area contributed by atoms with Crippen molar-refractivity contribution < 1.29 is 37.0 Å². The van der Waals surface area contributed by atoms with Gasteiger partial charge in [0.15, 0.2) is 0 Å². The van der Waals surface area contributed by atoms with Gasteiger partial charge in [-0.1, -0.05) is 145 Å². The van der Waals surface area contributed by atoms with E-state index in [1.807, 2.05) is 36.5 Å². The maximum Gasteiger partial charge on any atom is 3.00 e. The molecule has 61 heavy (non-hydrogen) atoms. The minimum absolute atomic E-state index is 0. The van der Waals surface area contributed by atoms with Crippen LogP contribution >= 0.6 is 0 Å². The fourth-order valence-electron chi connectivity index (χ4n) is 7.93. The Bertz CT molecular complexity index is 3510.